The summed E-state index contributed by atoms with van der Waals surface area (Å²) in [7, 11) is 3.45. The van der Waals surface area contributed by atoms with E-state index in [9.17, 15) is 18.4 Å². The third kappa shape index (κ3) is 3.34. The van der Waals surface area contributed by atoms with Crippen molar-refractivity contribution in [1.29, 1.82) is 0 Å². The van der Waals surface area contributed by atoms with Gasteiger partial charge in [-0.3, -0.25) is 9.59 Å². The van der Waals surface area contributed by atoms with Crippen molar-refractivity contribution in [3.05, 3.63) is 0 Å². The molecule has 2 saturated heterocycles. The second-order valence-electron chi connectivity index (χ2n) is 7.33. The molecule has 3 aliphatic rings. The van der Waals surface area contributed by atoms with Gasteiger partial charge < -0.3 is 14.5 Å². The lowest BCUT2D eigenvalue weighted by molar-refractivity contribution is -0.167. The maximum atomic E-state index is 13.0. The van der Waals surface area contributed by atoms with Crippen molar-refractivity contribution in [2.75, 3.05) is 33.8 Å². The van der Waals surface area contributed by atoms with Crippen LogP contribution in [0.1, 0.15) is 25.7 Å². The molecule has 3 atom stereocenters. The van der Waals surface area contributed by atoms with E-state index < -0.39 is 11.8 Å². The van der Waals surface area contributed by atoms with Crippen LogP contribution in [0.25, 0.3) is 0 Å². The summed E-state index contributed by atoms with van der Waals surface area (Å²) in [6, 6.07) is 0. The quantitative estimate of drug-likeness (QED) is 0.768. The SMILES string of the molecule is CN(C)C(=O)[C@@H]1CO[C@@H]2CCN(C(=O)C3CC(F)(F)C3)C[C@@H]2C1. The number of fused-ring (bicyclic) bond motifs is 1. The predicted octanol–water partition coefficient (Wildman–Crippen LogP) is 1.37. The molecule has 0 unspecified atom stereocenters. The molecular formula is C16H24F2N2O3. The Kier molecular flexibility index (Phi) is 4.33. The highest BCUT2D eigenvalue weighted by Crippen LogP contribution is 2.44. The second-order valence-corrected chi connectivity index (χ2v) is 7.33. The third-order valence-corrected chi connectivity index (χ3v) is 5.30. The summed E-state index contributed by atoms with van der Waals surface area (Å²) in [5.74, 6) is -3.37. The first kappa shape index (κ1) is 16.6. The number of nitrogens with zero attached hydrogens (tertiary/aromatic N) is 2. The molecule has 2 aliphatic heterocycles. The number of hydrogen-bond donors (Lipinski definition) is 0. The zero-order valence-corrected chi connectivity index (χ0v) is 13.6. The molecule has 0 bridgehead atoms. The van der Waals surface area contributed by atoms with Gasteiger partial charge in [0.05, 0.1) is 18.6 Å². The molecule has 0 aromatic carbocycles. The first-order valence-corrected chi connectivity index (χ1v) is 8.26. The number of piperidine rings is 1. The molecule has 3 fully saturated rings. The molecule has 0 N–H and O–H groups in total. The Labute approximate surface area is 134 Å². The van der Waals surface area contributed by atoms with Crippen LogP contribution < -0.4 is 0 Å². The van der Waals surface area contributed by atoms with Crippen molar-refractivity contribution >= 4 is 11.8 Å². The number of alkyl halides is 2. The molecule has 0 aromatic rings. The highest BCUT2D eigenvalue weighted by molar-refractivity contribution is 5.80. The average Bonchev–Trinajstić information content (AvgIpc) is 2.49. The first-order valence-electron chi connectivity index (χ1n) is 8.26. The van der Waals surface area contributed by atoms with E-state index in [1.54, 1.807) is 23.9 Å². The maximum absolute atomic E-state index is 13.0. The van der Waals surface area contributed by atoms with Crippen LogP contribution in [0, 0.1) is 17.8 Å². The van der Waals surface area contributed by atoms with Gasteiger partial charge in [-0.1, -0.05) is 0 Å². The van der Waals surface area contributed by atoms with Crippen molar-refractivity contribution < 1.29 is 23.1 Å². The number of amides is 2. The van der Waals surface area contributed by atoms with Crippen LogP contribution in [0.5, 0.6) is 0 Å². The molecule has 3 rings (SSSR count). The van der Waals surface area contributed by atoms with Crippen molar-refractivity contribution in [3.8, 4) is 0 Å². The number of hydrogen-bond acceptors (Lipinski definition) is 3. The van der Waals surface area contributed by atoms with Gasteiger partial charge in [0, 0.05) is 51.9 Å². The van der Waals surface area contributed by atoms with Gasteiger partial charge in [-0.2, -0.15) is 0 Å². The van der Waals surface area contributed by atoms with E-state index in [1.165, 1.54) is 0 Å². The summed E-state index contributed by atoms with van der Waals surface area (Å²) in [5.41, 5.74) is 0. The topological polar surface area (TPSA) is 49.9 Å². The molecular weight excluding hydrogens is 306 g/mol. The van der Waals surface area contributed by atoms with Crippen molar-refractivity contribution in [3.63, 3.8) is 0 Å². The highest BCUT2D eigenvalue weighted by atomic mass is 19.3. The second kappa shape index (κ2) is 6.00. The number of ether oxygens (including phenoxy) is 1. The van der Waals surface area contributed by atoms with E-state index in [2.05, 4.69) is 0 Å². The molecule has 2 amide bonds. The lowest BCUT2D eigenvalue weighted by atomic mass is 9.78. The summed E-state index contributed by atoms with van der Waals surface area (Å²) in [6.45, 7) is 1.51. The van der Waals surface area contributed by atoms with Crippen LogP contribution in [-0.4, -0.2) is 67.4 Å². The summed E-state index contributed by atoms with van der Waals surface area (Å²) in [4.78, 5) is 27.7. The Morgan fingerprint density at radius 3 is 2.52 bits per heavy atom. The van der Waals surface area contributed by atoms with Gasteiger partial charge in [0.25, 0.3) is 0 Å². The largest absolute Gasteiger partial charge is 0.377 e. The smallest absolute Gasteiger partial charge is 0.249 e. The van der Waals surface area contributed by atoms with Crippen molar-refractivity contribution in [2.24, 2.45) is 17.8 Å². The van der Waals surface area contributed by atoms with Crippen LogP contribution in [0.15, 0.2) is 0 Å². The molecule has 5 nitrogen and oxygen atoms in total. The normalized spacial score (nSPS) is 33.6. The monoisotopic (exact) mass is 330 g/mol. The Balaban J connectivity index is 1.57. The van der Waals surface area contributed by atoms with Gasteiger partial charge >= 0.3 is 0 Å². The summed E-state index contributed by atoms with van der Waals surface area (Å²) in [5, 5.41) is 0. The van der Waals surface area contributed by atoms with E-state index in [0.717, 1.165) is 6.42 Å². The number of carbonyl (C=O) groups excluding carboxylic acids is 2. The maximum Gasteiger partial charge on any atom is 0.249 e. The standard InChI is InChI=1S/C16H24F2N2O3/c1-19(2)14(21)11-5-10-8-20(4-3-13(10)23-9-11)15(22)12-6-16(17,18)7-12/h10-13H,3-9H2,1-2H3/t10-,11-,13+/m0/s1. The van der Waals surface area contributed by atoms with Gasteiger partial charge in [-0.25, -0.2) is 8.78 Å². The molecule has 23 heavy (non-hydrogen) atoms. The average molecular weight is 330 g/mol. The Hall–Kier alpha value is -1.24. The minimum Gasteiger partial charge on any atom is -0.377 e. The molecule has 0 radical (unpaired) electrons. The van der Waals surface area contributed by atoms with Crippen molar-refractivity contribution in [1.82, 2.24) is 9.80 Å². The minimum absolute atomic E-state index is 0.0468. The van der Waals surface area contributed by atoms with E-state index >= 15 is 0 Å². The van der Waals surface area contributed by atoms with Crippen LogP contribution in [0.4, 0.5) is 8.78 Å². The van der Waals surface area contributed by atoms with Crippen LogP contribution >= 0.6 is 0 Å². The Bertz CT molecular complexity index is 490. The number of carbonyl (C=O) groups is 2. The lowest BCUT2D eigenvalue weighted by Gasteiger charge is -2.45. The first-order chi connectivity index (χ1) is 10.8. The van der Waals surface area contributed by atoms with Gasteiger partial charge in [-0.15, -0.1) is 0 Å². The summed E-state index contributed by atoms with van der Waals surface area (Å²) in [6.07, 6.45) is 0.853. The fourth-order valence-corrected chi connectivity index (χ4v) is 3.96. The fraction of sp³-hybridized carbons (Fsp3) is 0.875. The molecule has 130 valence electrons. The fourth-order valence-electron chi connectivity index (χ4n) is 3.96. The van der Waals surface area contributed by atoms with E-state index in [1.807, 2.05) is 0 Å². The van der Waals surface area contributed by atoms with Gasteiger partial charge in [0.15, 0.2) is 0 Å². The summed E-state index contributed by atoms with van der Waals surface area (Å²) < 4.78 is 31.8. The molecule has 2 heterocycles. The van der Waals surface area contributed by atoms with Crippen LogP contribution in [0.2, 0.25) is 0 Å². The molecule has 1 saturated carbocycles. The Morgan fingerprint density at radius 1 is 1.22 bits per heavy atom. The van der Waals surface area contributed by atoms with Gasteiger partial charge in [0.1, 0.15) is 0 Å². The zero-order chi connectivity index (χ0) is 16.8. The zero-order valence-electron chi connectivity index (χ0n) is 13.6. The number of halogens is 2. The highest BCUT2D eigenvalue weighted by Gasteiger charge is 2.50. The third-order valence-electron chi connectivity index (χ3n) is 5.30. The van der Waals surface area contributed by atoms with Crippen molar-refractivity contribution in [2.45, 2.75) is 37.7 Å². The molecule has 0 aromatic heterocycles. The molecule has 1 aliphatic carbocycles. The summed E-state index contributed by atoms with van der Waals surface area (Å²) >= 11 is 0. The Morgan fingerprint density at radius 2 is 1.91 bits per heavy atom. The molecule has 7 heteroatoms. The minimum atomic E-state index is -2.67. The van der Waals surface area contributed by atoms with E-state index in [0.29, 0.717) is 26.1 Å². The molecule has 0 spiro atoms. The van der Waals surface area contributed by atoms with Crippen LogP contribution in [-0.2, 0) is 14.3 Å². The van der Waals surface area contributed by atoms with E-state index in [-0.39, 0.29) is 42.6 Å². The van der Waals surface area contributed by atoms with E-state index in [4.69, 9.17) is 4.74 Å². The van der Waals surface area contributed by atoms with Crippen LogP contribution in [0.3, 0.4) is 0 Å². The van der Waals surface area contributed by atoms with Gasteiger partial charge in [-0.05, 0) is 12.8 Å². The number of rotatable bonds is 2. The predicted molar refractivity (Wildman–Crippen MR) is 78.9 cm³/mol. The number of likely N-dealkylation sites (tertiary alicyclic amines) is 1. The lowest BCUT2D eigenvalue weighted by Crippen LogP contribution is -2.54. The van der Waals surface area contributed by atoms with Gasteiger partial charge in [0.2, 0.25) is 17.7 Å².